The smallest absolute Gasteiger partial charge is 0.413 e. The van der Waals surface area contributed by atoms with E-state index in [4.69, 9.17) is 8.92 Å². The first-order valence-electron chi connectivity index (χ1n) is 8.94. The molecule has 0 bridgehead atoms. The fraction of sp³-hybridized carbons (Fsp3) is 0.263. The number of amides is 1. The quantitative estimate of drug-likeness (QED) is 0.422. The molecule has 1 heterocycles. The molecule has 0 unspecified atom stereocenters. The van der Waals surface area contributed by atoms with Gasteiger partial charge in [0.05, 0.1) is 24.8 Å². The van der Waals surface area contributed by atoms with Crippen LogP contribution < -0.4 is 14.2 Å². The zero-order valence-corrected chi connectivity index (χ0v) is 16.8. The molecule has 0 aliphatic carbocycles. The van der Waals surface area contributed by atoms with E-state index in [1.165, 1.54) is 25.3 Å². The zero-order chi connectivity index (χ0) is 20.9. The van der Waals surface area contributed by atoms with Crippen LogP contribution in [0.4, 0.5) is 10.7 Å². The Morgan fingerprint density at radius 2 is 2.00 bits per heavy atom. The van der Waals surface area contributed by atoms with Gasteiger partial charge in [0.15, 0.2) is 0 Å². The van der Waals surface area contributed by atoms with Gasteiger partial charge in [-0.3, -0.25) is 5.32 Å². The Bertz CT molecular complexity index is 1110. The number of hydrogen-bond donors (Lipinski definition) is 2. The van der Waals surface area contributed by atoms with Crippen molar-refractivity contribution in [3.05, 3.63) is 42.5 Å². The summed E-state index contributed by atoms with van der Waals surface area (Å²) in [6.07, 6.45) is 1.07. The highest BCUT2D eigenvalue weighted by molar-refractivity contribution is 7.87. The number of ether oxygens (including phenoxy) is 2. The number of H-pyrrole nitrogens is 1. The van der Waals surface area contributed by atoms with E-state index in [0.29, 0.717) is 17.6 Å². The van der Waals surface area contributed by atoms with E-state index in [9.17, 15) is 13.2 Å². The molecule has 29 heavy (non-hydrogen) atoms. The molecule has 0 atom stereocenters. The second-order valence-corrected chi connectivity index (χ2v) is 7.58. The number of methoxy groups -OCH3 is 1. The number of carbonyl (C=O) groups is 1. The molecule has 0 spiro atoms. The van der Waals surface area contributed by atoms with E-state index in [1.54, 1.807) is 24.3 Å². The number of benzene rings is 2. The molecule has 3 rings (SSSR count). The molecule has 0 fully saturated rings. The number of fused-ring (bicyclic) bond motifs is 1. The Hall–Kier alpha value is -3.27. The number of aromatic amines is 1. The lowest BCUT2D eigenvalue weighted by atomic mass is 10.3. The van der Waals surface area contributed by atoms with Crippen molar-refractivity contribution >= 4 is 33.2 Å². The van der Waals surface area contributed by atoms with Crippen LogP contribution in [0, 0.1) is 0 Å². The molecule has 1 aromatic heterocycles. The van der Waals surface area contributed by atoms with Gasteiger partial charge >= 0.3 is 16.2 Å². The molecule has 2 N–H and O–H groups in total. The van der Waals surface area contributed by atoms with Crippen molar-refractivity contribution in [3.8, 4) is 11.5 Å². The summed E-state index contributed by atoms with van der Waals surface area (Å²) in [7, 11) is -2.88. The highest BCUT2D eigenvalue weighted by atomic mass is 32.2. The van der Waals surface area contributed by atoms with Crippen molar-refractivity contribution in [2.45, 2.75) is 24.7 Å². The highest BCUT2D eigenvalue weighted by Gasteiger charge is 2.22. The number of rotatable bonds is 8. The number of nitrogens with one attached hydrogen (secondary N) is 2. The predicted octanol–water partition coefficient (Wildman–Crippen LogP) is 3.69. The van der Waals surface area contributed by atoms with Gasteiger partial charge in [-0.1, -0.05) is 25.5 Å². The number of para-hydroxylation sites is 1. The normalized spacial score (nSPS) is 11.2. The van der Waals surface area contributed by atoms with Crippen LogP contribution >= 0.6 is 0 Å². The predicted molar refractivity (Wildman–Crippen MR) is 107 cm³/mol. The van der Waals surface area contributed by atoms with Gasteiger partial charge in [-0.25, -0.2) is 9.78 Å². The summed E-state index contributed by atoms with van der Waals surface area (Å²) in [5, 5.41) is 2.40. The molecule has 154 valence electrons. The van der Waals surface area contributed by atoms with Crippen molar-refractivity contribution in [2.75, 3.05) is 19.0 Å². The van der Waals surface area contributed by atoms with E-state index in [2.05, 4.69) is 20.0 Å². The van der Waals surface area contributed by atoms with E-state index in [-0.39, 0.29) is 22.3 Å². The molecular formula is C19H21N3O6S. The largest absolute Gasteiger partial charge is 0.492 e. The minimum Gasteiger partial charge on any atom is -0.492 e. The summed E-state index contributed by atoms with van der Waals surface area (Å²) in [6, 6.07) is 10.9. The van der Waals surface area contributed by atoms with E-state index < -0.39 is 16.2 Å². The van der Waals surface area contributed by atoms with Crippen molar-refractivity contribution in [3.63, 3.8) is 0 Å². The molecule has 2 aromatic carbocycles. The number of nitrogens with zero attached hydrogens (tertiary/aromatic N) is 1. The maximum atomic E-state index is 12.8. The highest BCUT2D eigenvalue weighted by Crippen LogP contribution is 2.28. The van der Waals surface area contributed by atoms with Crippen LogP contribution in [0.1, 0.15) is 19.8 Å². The van der Waals surface area contributed by atoms with E-state index in [0.717, 1.165) is 12.8 Å². The van der Waals surface area contributed by atoms with Crippen LogP contribution in [0.2, 0.25) is 0 Å². The van der Waals surface area contributed by atoms with Gasteiger partial charge in [0.25, 0.3) is 0 Å². The Kier molecular flexibility index (Phi) is 6.23. The molecule has 1 amide bonds. The SMILES string of the molecule is CCCCOc1ccccc1S(=O)(=O)Oc1ccc2nc(NC(=O)OC)[nH]c2c1. The maximum Gasteiger partial charge on any atom is 0.413 e. The Morgan fingerprint density at radius 3 is 2.76 bits per heavy atom. The van der Waals surface area contributed by atoms with Crippen molar-refractivity contribution in [2.24, 2.45) is 0 Å². The first-order valence-corrected chi connectivity index (χ1v) is 10.3. The van der Waals surface area contributed by atoms with Crippen molar-refractivity contribution < 1.29 is 26.9 Å². The third-order valence-corrected chi connectivity index (χ3v) is 5.23. The van der Waals surface area contributed by atoms with Gasteiger partial charge in [0.1, 0.15) is 16.4 Å². The number of carbonyl (C=O) groups excluding carboxylic acids is 1. The van der Waals surface area contributed by atoms with Gasteiger partial charge in [-0.15, -0.1) is 0 Å². The summed E-state index contributed by atoms with van der Waals surface area (Å²) in [4.78, 5) is 18.2. The summed E-state index contributed by atoms with van der Waals surface area (Å²) in [5.41, 5.74) is 1.00. The van der Waals surface area contributed by atoms with Crippen molar-refractivity contribution in [1.29, 1.82) is 0 Å². The van der Waals surface area contributed by atoms with Gasteiger partial charge < -0.3 is 18.6 Å². The monoisotopic (exact) mass is 419 g/mol. The van der Waals surface area contributed by atoms with Gasteiger partial charge in [-0.2, -0.15) is 8.42 Å². The standard InChI is InChI=1S/C19H21N3O6S/c1-3-4-11-27-16-7-5-6-8-17(16)29(24,25)28-13-9-10-14-15(12-13)21-18(20-14)22-19(23)26-2/h5-10,12H,3-4,11H2,1-2H3,(H2,20,21,22,23). The molecule has 10 heteroatoms. The molecule has 0 saturated carbocycles. The fourth-order valence-electron chi connectivity index (χ4n) is 2.52. The van der Waals surface area contributed by atoms with Gasteiger partial charge in [0.2, 0.25) is 5.95 Å². The molecule has 0 aliphatic rings. The Labute approximate surface area is 168 Å². The van der Waals surface area contributed by atoms with Crippen LogP contribution in [0.5, 0.6) is 11.5 Å². The molecule has 0 aliphatic heterocycles. The third kappa shape index (κ3) is 4.96. The van der Waals surface area contributed by atoms with Gasteiger partial charge in [-0.05, 0) is 30.7 Å². The molecule has 9 nitrogen and oxygen atoms in total. The minimum absolute atomic E-state index is 0.0474. The lowest BCUT2D eigenvalue weighted by Crippen LogP contribution is -2.12. The lowest BCUT2D eigenvalue weighted by Gasteiger charge is -2.12. The van der Waals surface area contributed by atoms with E-state index >= 15 is 0 Å². The number of unbranched alkanes of at least 4 members (excludes halogenated alkanes) is 1. The second-order valence-electron chi connectivity index (χ2n) is 6.07. The number of anilines is 1. The van der Waals surface area contributed by atoms with Crippen LogP contribution in [0.25, 0.3) is 11.0 Å². The number of hydrogen-bond acceptors (Lipinski definition) is 7. The van der Waals surface area contributed by atoms with Crippen LogP contribution in [-0.2, 0) is 14.9 Å². The average Bonchev–Trinajstić information content (AvgIpc) is 3.09. The summed E-state index contributed by atoms with van der Waals surface area (Å²) < 4.78 is 40.9. The average molecular weight is 419 g/mol. The minimum atomic E-state index is -4.11. The summed E-state index contributed by atoms with van der Waals surface area (Å²) >= 11 is 0. The van der Waals surface area contributed by atoms with Crippen molar-refractivity contribution in [1.82, 2.24) is 9.97 Å². The molecule has 3 aromatic rings. The zero-order valence-electron chi connectivity index (χ0n) is 16.0. The topological polar surface area (TPSA) is 120 Å². The number of aromatic nitrogens is 2. The lowest BCUT2D eigenvalue weighted by molar-refractivity contribution is 0.186. The van der Waals surface area contributed by atoms with Crippen LogP contribution in [-0.4, -0.2) is 38.2 Å². The first-order chi connectivity index (χ1) is 13.9. The first kappa shape index (κ1) is 20.5. The Morgan fingerprint density at radius 1 is 1.21 bits per heavy atom. The summed E-state index contributed by atoms with van der Waals surface area (Å²) in [6.45, 7) is 2.44. The Balaban J connectivity index is 1.83. The van der Waals surface area contributed by atoms with E-state index in [1.807, 2.05) is 6.92 Å². The summed E-state index contributed by atoms with van der Waals surface area (Å²) in [5.74, 6) is 0.504. The number of imidazole rings is 1. The third-order valence-electron chi connectivity index (χ3n) is 3.94. The second kappa shape index (κ2) is 8.82. The molecule has 0 radical (unpaired) electrons. The molecule has 0 saturated heterocycles. The molecular weight excluding hydrogens is 398 g/mol. The fourth-order valence-corrected chi connectivity index (χ4v) is 3.59. The maximum absolute atomic E-state index is 12.8. The van der Waals surface area contributed by atoms with Crippen LogP contribution in [0.15, 0.2) is 47.4 Å². The van der Waals surface area contributed by atoms with Gasteiger partial charge in [0, 0.05) is 6.07 Å². The van der Waals surface area contributed by atoms with Crippen LogP contribution in [0.3, 0.4) is 0 Å².